The molecule has 0 aliphatic rings. The zero-order valence-corrected chi connectivity index (χ0v) is 28.4. The number of para-hydroxylation sites is 1. The molecular formula is C50H33NO. The summed E-state index contributed by atoms with van der Waals surface area (Å²) < 4.78 is 6.19. The number of fused-ring (bicyclic) bond motifs is 4. The first-order valence-corrected chi connectivity index (χ1v) is 17.7. The molecule has 0 aliphatic carbocycles. The molecule has 244 valence electrons. The van der Waals surface area contributed by atoms with Crippen molar-refractivity contribution in [3.8, 4) is 33.6 Å². The maximum absolute atomic E-state index is 6.19. The van der Waals surface area contributed by atoms with Crippen molar-refractivity contribution >= 4 is 60.3 Å². The summed E-state index contributed by atoms with van der Waals surface area (Å²) in [5.41, 5.74) is 10.1. The van der Waals surface area contributed by atoms with E-state index in [0.717, 1.165) is 44.9 Å². The quantitative estimate of drug-likeness (QED) is 0.176. The van der Waals surface area contributed by atoms with E-state index in [4.69, 9.17) is 4.42 Å². The lowest BCUT2D eigenvalue weighted by Gasteiger charge is -2.26. The Morgan fingerprint density at radius 3 is 1.44 bits per heavy atom. The second kappa shape index (κ2) is 12.5. The number of nitrogens with zero attached hydrogens (tertiary/aromatic N) is 1. The van der Waals surface area contributed by atoms with Crippen molar-refractivity contribution in [1.82, 2.24) is 0 Å². The number of hydrogen-bond donors (Lipinski definition) is 0. The maximum atomic E-state index is 6.19. The Morgan fingerprint density at radius 1 is 0.269 bits per heavy atom. The van der Waals surface area contributed by atoms with E-state index in [1.54, 1.807) is 0 Å². The van der Waals surface area contributed by atoms with Gasteiger partial charge in [-0.1, -0.05) is 133 Å². The number of benzene rings is 9. The Labute approximate surface area is 302 Å². The summed E-state index contributed by atoms with van der Waals surface area (Å²) >= 11 is 0. The van der Waals surface area contributed by atoms with Gasteiger partial charge in [-0.3, -0.25) is 0 Å². The highest BCUT2D eigenvalue weighted by atomic mass is 16.3. The van der Waals surface area contributed by atoms with Crippen LogP contribution in [0.3, 0.4) is 0 Å². The minimum absolute atomic E-state index is 0.882. The van der Waals surface area contributed by atoms with Crippen molar-refractivity contribution < 1.29 is 4.42 Å². The van der Waals surface area contributed by atoms with Crippen LogP contribution in [0.25, 0.3) is 76.9 Å². The zero-order chi connectivity index (χ0) is 34.4. The second-order valence-electron chi connectivity index (χ2n) is 13.5. The first-order chi connectivity index (χ1) is 25.7. The summed E-state index contributed by atoms with van der Waals surface area (Å²) in [6.07, 6.45) is 0. The average Bonchev–Trinajstić information content (AvgIpc) is 3.66. The summed E-state index contributed by atoms with van der Waals surface area (Å²) in [5.74, 6) is 0.882. The molecule has 10 rings (SSSR count). The van der Waals surface area contributed by atoms with Crippen molar-refractivity contribution in [3.05, 3.63) is 200 Å². The molecule has 1 heterocycles. The average molecular weight is 664 g/mol. The van der Waals surface area contributed by atoms with Gasteiger partial charge in [0.1, 0.15) is 11.3 Å². The summed E-state index contributed by atoms with van der Waals surface area (Å²) in [5, 5.41) is 8.45. The fourth-order valence-electron chi connectivity index (χ4n) is 7.46. The Morgan fingerprint density at radius 2 is 0.731 bits per heavy atom. The van der Waals surface area contributed by atoms with Crippen LogP contribution < -0.4 is 4.90 Å². The normalized spacial score (nSPS) is 11.5. The molecule has 0 saturated heterocycles. The van der Waals surface area contributed by atoms with Crippen LogP contribution in [-0.4, -0.2) is 0 Å². The number of rotatable bonds is 6. The third-order valence-electron chi connectivity index (χ3n) is 10.2. The maximum Gasteiger partial charge on any atom is 0.135 e. The van der Waals surface area contributed by atoms with Gasteiger partial charge >= 0.3 is 0 Å². The predicted molar refractivity (Wildman–Crippen MR) is 220 cm³/mol. The van der Waals surface area contributed by atoms with E-state index in [0.29, 0.717) is 0 Å². The lowest BCUT2D eigenvalue weighted by Crippen LogP contribution is -2.09. The van der Waals surface area contributed by atoms with Gasteiger partial charge in [-0.15, -0.1) is 0 Å². The van der Waals surface area contributed by atoms with E-state index >= 15 is 0 Å². The summed E-state index contributed by atoms with van der Waals surface area (Å²) in [4.78, 5) is 2.36. The van der Waals surface area contributed by atoms with E-state index in [1.807, 2.05) is 18.2 Å². The molecule has 0 fully saturated rings. The van der Waals surface area contributed by atoms with Gasteiger partial charge in [0.15, 0.2) is 0 Å². The van der Waals surface area contributed by atoms with Crippen LogP contribution >= 0.6 is 0 Å². The number of anilines is 3. The van der Waals surface area contributed by atoms with Gasteiger partial charge in [0.2, 0.25) is 0 Å². The second-order valence-corrected chi connectivity index (χ2v) is 13.5. The van der Waals surface area contributed by atoms with Crippen LogP contribution in [0.1, 0.15) is 0 Å². The van der Waals surface area contributed by atoms with Crippen LogP contribution in [0.15, 0.2) is 205 Å². The van der Waals surface area contributed by atoms with Crippen molar-refractivity contribution in [3.63, 3.8) is 0 Å². The van der Waals surface area contributed by atoms with Crippen LogP contribution in [0.5, 0.6) is 0 Å². The third-order valence-corrected chi connectivity index (χ3v) is 10.2. The molecule has 0 amide bonds. The lowest BCUT2D eigenvalue weighted by molar-refractivity contribution is 0.631. The highest BCUT2D eigenvalue weighted by Gasteiger charge is 2.15. The molecule has 0 atom stereocenters. The van der Waals surface area contributed by atoms with E-state index in [-0.39, 0.29) is 0 Å². The van der Waals surface area contributed by atoms with Gasteiger partial charge in [0.05, 0.1) is 0 Å². The third kappa shape index (κ3) is 5.48. The van der Waals surface area contributed by atoms with E-state index in [2.05, 4.69) is 187 Å². The molecule has 0 spiro atoms. The monoisotopic (exact) mass is 663 g/mol. The van der Waals surface area contributed by atoms with Crippen molar-refractivity contribution in [2.75, 3.05) is 4.90 Å². The van der Waals surface area contributed by atoms with Crippen LogP contribution in [0, 0.1) is 0 Å². The van der Waals surface area contributed by atoms with Crippen molar-refractivity contribution in [2.24, 2.45) is 0 Å². The molecule has 0 saturated carbocycles. The molecule has 9 aromatic carbocycles. The van der Waals surface area contributed by atoms with E-state index in [9.17, 15) is 0 Å². The van der Waals surface area contributed by atoms with Crippen molar-refractivity contribution in [2.45, 2.75) is 0 Å². The molecule has 0 bridgehead atoms. The Balaban J connectivity index is 1.02. The van der Waals surface area contributed by atoms with Crippen LogP contribution in [0.2, 0.25) is 0 Å². The smallest absolute Gasteiger partial charge is 0.135 e. The SMILES string of the molecule is c1cc(-c2ccc3cc(N(c4ccc(-c5ccc6ccccc6c5)cc4)c4ccc5ccccc5c4)ccc3c2)cc(-c2cc3ccccc3o2)c1. The Kier molecular flexibility index (Phi) is 7.18. The number of hydrogen-bond acceptors (Lipinski definition) is 2. The minimum Gasteiger partial charge on any atom is -0.456 e. The molecule has 10 aromatic rings. The molecule has 0 radical (unpaired) electrons. The Bertz CT molecular complexity index is 2880. The van der Waals surface area contributed by atoms with Gasteiger partial charge in [-0.2, -0.15) is 0 Å². The van der Waals surface area contributed by atoms with Gasteiger partial charge in [-0.25, -0.2) is 0 Å². The molecule has 2 heteroatoms. The van der Waals surface area contributed by atoms with Crippen LogP contribution in [0.4, 0.5) is 17.1 Å². The van der Waals surface area contributed by atoms with E-state index in [1.165, 1.54) is 49.0 Å². The standard InChI is InChI=1S/C50H33NO/c1-3-10-37-28-40(17-16-34(37)8-1)36-20-24-46(25-21-36)51(47-26-22-35-9-2-4-11-39(35)31-47)48-27-23-42-29-41(18-19-43(42)32-48)38-13-7-14-44(30-38)50-33-45-12-5-6-15-49(45)52-50/h1-33H. The van der Waals surface area contributed by atoms with E-state index < -0.39 is 0 Å². The molecule has 0 aliphatic heterocycles. The first kappa shape index (κ1) is 30.0. The molecule has 1 aromatic heterocycles. The molecule has 52 heavy (non-hydrogen) atoms. The molecule has 0 N–H and O–H groups in total. The number of furan rings is 1. The topological polar surface area (TPSA) is 16.4 Å². The van der Waals surface area contributed by atoms with Gasteiger partial charge in [0.25, 0.3) is 0 Å². The lowest BCUT2D eigenvalue weighted by atomic mass is 9.98. The summed E-state index contributed by atoms with van der Waals surface area (Å²) in [6.45, 7) is 0. The van der Waals surface area contributed by atoms with Gasteiger partial charge < -0.3 is 9.32 Å². The predicted octanol–water partition coefficient (Wildman–Crippen LogP) is 14.4. The van der Waals surface area contributed by atoms with Crippen LogP contribution in [-0.2, 0) is 0 Å². The molecular weight excluding hydrogens is 631 g/mol. The first-order valence-electron chi connectivity index (χ1n) is 17.7. The minimum atomic E-state index is 0.882. The van der Waals surface area contributed by atoms with Gasteiger partial charge in [-0.05, 0) is 121 Å². The summed E-state index contributed by atoms with van der Waals surface area (Å²) in [7, 11) is 0. The largest absolute Gasteiger partial charge is 0.456 e. The Hall–Kier alpha value is -6.90. The van der Waals surface area contributed by atoms with Gasteiger partial charge in [0, 0.05) is 28.0 Å². The fourth-order valence-corrected chi connectivity index (χ4v) is 7.46. The van der Waals surface area contributed by atoms with Crippen molar-refractivity contribution in [1.29, 1.82) is 0 Å². The highest BCUT2D eigenvalue weighted by Crippen LogP contribution is 2.39. The molecule has 0 unspecified atom stereocenters. The molecule has 2 nitrogen and oxygen atoms in total. The highest BCUT2D eigenvalue weighted by molar-refractivity contribution is 5.95. The summed E-state index contributed by atoms with van der Waals surface area (Å²) in [6, 6.07) is 71.9. The zero-order valence-electron chi connectivity index (χ0n) is 28.4. The fraction of sp³-hybridized carbons (Fsp3) is 0.